The van der Waals surface area contributed by atoms with E-state index in [1.165, 1.54) is 0 Å². The third-order valence-electron chi connectivity index (χ3n) is 2.78. The van der Waals surface area contributed by atoms with Crippen LogP contribution in [0.25, 0.3) is 0 Å². The summed E-state index contributed by atoms with van der Waals surface area (Å²) in [7, 11) is 1.83. The molecule has 102 valence electrons. The smallest absolute Gasteiger partial charge is 0.169 e. The zero-order valence-corrected chi connectivity index (χ0v) is 11.7. The van der Waals surface area contributed by atoms with Crippen LogP contribution in [0.5, 0.6) is 0 Å². The molecular formula is C12H19N7. The molecule has 2 aromatic heterocycles. The summed E-state index contributed by atoms with van der Waals surface area (Å²) in [6, 6.07) is 0. The summed E-state index contributed by atoms with van der Waals surface area (Å²) in [4.78, 5) is 12.9. The molecule has 0 fully saturated rings. The van der Waals surface area contributed by atoms with E-state index in [0.717, 1.165) is 17.2 Å². The predicted molar refractivity (Wildman–Crippen MR) is 73.6 cm³/mol. The Labute approximate surface area is 112 Å². The molecule has 2 heterocycles. The first-order chi connectivity index (χ1) is 8.97. The van der Waals surface area contributed by atoms with Gasteiger partial charge in [-0.2, -0.15) is 5.10 Å². The average Bonchev–Trinajstić information content (AvgIpc) is 2.76. The zero-order chi connectivity index (χ0) is 14.0. The molecule has 0 bridgehead atoms. The van der Waals surface area contributed by atoms with Crippen molar-refractivity contribution in [2.45, 2.75) is 33.2 Å². The van der Waals surface area contributed by atoms with Gasteiger partial charge in [0, 0.05) is 18.5 Å². The van der Waals surface area contributed by atoms with Crippen molar-refractivity contribution in [1.82, 2.24) is 24.7 Å². The Morgan fingerprint density at radius 2 is 2.11 bits per heavy atom. The van der Waals surface area contributed by atoms with Gasteiger partial charge in [-0.3, -0.25) is 4.68 Å². The summed E-state index contributed by atoms with van der Waals surface area (Å²) in [5, 5.41) is 7.41. The Morgan fingerprint density at radius 1 is 1.37 bits per heavy atom. The number of nitrogen functional groups attached to an aromatic ring is 1. The maximum Gasteiger partial charge on any atom is 0.169 e. The number of hydrogen-bond donors (Lipinski definition) is 2. The van der Waals surface area contributed by atoms with Gasteiger partial charge in [0.25, 0.3) is 0 Å². The molecule has 0 aliphatic heterocycles. The molecular weight excluding hydrogens is 242 g/mol. The SMILES string of the molecule is Cc1c(N)nc(C(C)C)nc1NCc1ncn(C)n1. The average molecular weight is 261 g/mol. The molecule has 2 aromatic rings. The Kier molecular flexibility index (Phi) is 3.64. The van der Waals surface area contributed by atoms with Crippen LogP contribution in [0.15, 0.2) is 6.33 Å². The van der Waals surface area contributed by atoms with Crippen LogP contribution in [-0.2, 0) is 13.6 Å². The van der Waals surface area contributed by atoms with Gasteiger partial charge in [0.05, 0.1) is 6.54 Å². The van der Waals surface area contributed by atoms with Gasteiger partial charge >= 0.3 is 0 Å². The molecule has 3 N–H and O–H groups in total. The molecule has 0 saturated heterocycles. The van der Waals surface area contributed by atoms with Gasteiger partial charge in [-0.25, -0.2) is 15.0 Å². The van der Waals surface area contributed by atoms with Crippen LogP contribution in [0.3, 0.4) is 0 Å². The number of rotatable bonds is 4. The highest BCUT2D eigenvalue weighted by atomic mass is 15.3. The van der Waals surface area contributed by atoms with Crippen LogP contribution >= 0.6 is 0 Å². The largest absolute Gasteiger partial charge is 0.383 e. The van der Waals surface area contributed by atoms with E-state index in [2.05, 4.69) is 25.4 Å². The Hall–Kier alpha value is -2.18. The molecule has 0 aliphatic rings. The highest BCUT2D eigenvalue weighted by molar-refractivity contribution is 5.54. The summed E-state index contributed by atoms with van der Waals surface area (Å²) in [5.74, 6) is 2.93. The lowest BCUT2D eigenvalue weighted by atomic mass is 10.2. The Morgan fingerprint density at radius 3 is 2.68 bits per heavy atom. The van der Waals surface area contributed by atoms with Gasteiger partial charge in [-0.05, 0) is 6.92 Å². The fraction of sp³-hybridized carbons (Fsp3) is 0.500. The summed E-state index contributed by atoms with van der Waals surface area (Å²) >= 11 is 0. The van der Waals surface area contributed by atoms with E-state index in [1.807, 2.05) is 27.8 Å². The van der Waals surface area contributed by atoms with Crippen LogP contribution < -0.4 is 11.1 Å². The van der Waals surface area contributed by atoms with Crippen LogP contribution in [0.2, 0.25) is 0 Å². The molecule has 0 aromatic carbocycles. The van der Waals surface area contributed by atoms with Gasteiger partial charge in [0.1, 0.15) is 23.8 Å². The second kappa shape index (κ2) is 5.21. The lowest BCUT2D eigenvalue weighted by Gasteiger charge is -2.12. The van der Waals surface area contributed by atoms with Gasteiger partial charge in [0.15, 0.2) is 5.82 Å². The van der Waals surface area contributed by atoms with E-state index >= 15 is 0 Å². The van der Waals surface area contributed by atoms with Crippen molar-refractivity contribution in [2.24, 2.45) is 7.05 Å². The number of nitrogens with two attached hydrogens (primary N) is 1. The molecule has 2 rings (SSSR count). The zero-order valence-electron chi connectivity index (χ0n) is 11.7. The second-order valence-corrected chi connectivity index (χ2v) is 4.78. The summed E-state index contributed by atoms with van der Waals surface area (Å²) < 4.78 is 1.66. The normalized spacial score (nSPS) is 11.0. The highest BCUT2D eigenvalue weighted by Crippen LogP contribution is 2.21. The molecule has 0 atom stereocenters. The fourth-order valence-electron chi connectivity index (χ4n) is 1.61. The van der Waals surface area contributed by atoms with Crippen molar-refractivity contribution in [3.8, 4) is 0 Å². The van der Waals surface area contributed by atoms with E-state index in [9.17, 15) is 0 Å². The summed E-state index contributed by atoms with van der Waals surface area (Å²) in [5.41, 5.74) is 6.75. The standard InChI is InChI=1S/C12H19N7/c1-7(2)11-16-10(13)8(3)12(17-11)14-5-9-15-6-19(4)18-9/h6-7H,5H2,1-4H3,(H3,13,14,16,17). The van der Waals surface area contributed by atoms with E-state index in [1.54, 1.807) is 11.0 Å². The van der Waals surface area contributed by atoms with E-state index in [4.69, 9.17) is 5.73 Å². The summed E-state index contributed by atoms with van der Waals surface area (Å²) in [6.45, 7) is 6.48. The number of nitrogens with one attached hydrogen (secondary N) is 1. The first-order valence-corrected chi connectivity index (χ1v) is 6.19. The van der Waals surface area contributed by atoms with E-state index in [0.29, 0.717) is 18.2 Å². The van der Waals surface area contributed by atoms with Crippen molar-refractivity contribution >= 4 is 11.6 Å². The molecule has 19 heavy (non-hydrogen) atoms. The molecule has 7 nitrogen and oxygen atoms in total. The molecule has 0 aliphatic carbocycles. The fourth-order valence-corrected chi connectivity index (χ4v) is 1.61. The molecule has 0 unspecified atom stereocenters. The number of nitrogens with zero attached hydrogens (tertiary/aromatic N) is 5. The van der Waals surface area contributed by atoms with Gasteiger partial charge in [-0.1, -0.05) is 13.8 Å². The van der Waals surface area contributed by atoms with E-state index < -0.39 is 0 Å². The van der Waals surface area contributed by atoms with Crippen molar-refractivity contribution in [3.05, 3.63) is 23.5 Å². The highest BCUT2D eigenvalue weighted by Gasteiger charge is 2.11. The van der Waals surface area contributed by atoms with Gasteiger partial charge in [0.2, 0.25) is 0 Å². The maximum atomic E-state index is 5.91. The van der Waals surface area contributed by atoms with Crippen LogP contribution in [-0.4, -0.2) is 24.7 Å². The summed E-state index contributed by atoms with van der Waals surface area (Å²) in [6.07, 6.45) is 1.66. The number of hydrogen-bond acceptors (Lipinski definition) is 6. The number of anilines is 2. The minimum atomic E-state index is 0.233. The topological polar surface area (TPSA) is 94.5 Å². The molecule has 0 radical (unpaired) electrons. The Bertz CT molecular complexity index is 573. The van der Waals surface area contributed by atoms with Crippen molar-refractivity contribution < 1.29 is 0 Å². The van der Waals surface area contributed by atoms with Crippen molar-refractivity contribution in [3.63, 3.8) is 0 Å². The molecule has 7 heteroatoms. The molecule has 0 amide bonds. The third kappa shape index (κ3) is 2.98. The van der Waals surface area contributed by atoms with E-state index in [-0.39, 0.29) is 5.92 Å². The number of aryl methyl sites for hydroxylation is 1. The molecule has 0 saturated carbocycles. The van der Waals surface area contributed by atoms with Crippen LogP contribution in [0, 0.1) is 6.92 Å². The van der Waals surface area contributed by atoms with Crippen LogP contribution in [0.4, 0.5) is 11.6 Å². The van der Waals surface area contributed by atoms with Crippen LogP contribution in [0.1, 0.15) is 37.0 Å². The lowest BCUT2D eigenvalue weighted by molar-refractivity contribution is 0.745. The lowest BCUT2D eigenvalue weighted by Crippen LogP contribution is -2.11. The monoisotopic (exact) mass is 261 g/mol. The van der Waals surface area contributed by atoms with Gasteiger partial charge < -0.3 is 11.1 Å². The first kappa shape index (κ1) is 13.3. The first-order valence-electron chi connectivity index (χ1n) is 6.19. The minimum absolute atomic E-state index is 0.233. The minimum Gasteiger partial charge on any atom is -0.383 e. The van der Waals surface area contributed by atoms with Crippen molar-refractivity contribution in [1.29, 1.82) is 0 Å². The quantitative estimate of drug-likeness (QED) is 0.859. The maximum absolute atomic E-state index is 5.91. The number of aromatic nitrogens is 5. The molecule has 0 spiro atoms. The second-order valence-electron chi connectivity index (χ2n) is 4.78. The third-order valence-corrected chi connectivity index (χ3v) is 2.78. The van der Waals surface area contributed by atoms with Gasteiger partial charge in [-0.15, -0.1) is 0 Å². The predicted octanol–water partition coefficient (Wildman–Crippen LogP) is 1.23. The van der Waals surface area contributed by atoms with Crippen molar-refractivity contribution in [2.75, 3.05) is 11.1 Å². The Balaban J connectivity index is 2.19.